The molecule has 1 aromatic heterocycles. The molecule has 0 fully saturated rings. The Balaban J connectivity index is 2.35. The zero-order valence-corrected chi connectivity index (χ0v) is 12.9. The van der Waals surface area contributed by atoms with Crippen molar-refractivity contribution in [1.29, 1.82) is 0 Å². The van der Waals surface area contributed by atoms with Crippen LogP contribution in [0.3, 0.4) is 0 Å². The van der Waals surface area contributed by atoms with Gasteiger partial charge in [-0.25, -0.2) is 14.4 Å². The molecule has 0 N–H and O–H groups in total. The zero-order valence-electron chi connectivity index (χ0n) is 11.4. The number of benzene rings is 2. The summed E-state index contributed by atoms with van der Waals surface area (Å²) in [6.45, 7) is 3.57. The van der Waals surface area contributed by atoms with Gasteiger partial charge in [0.15, 0.2) is 5.82 Å². The van der Waals surface area contributed by atoms with Crippen LogP contribution in [0.4, 0.5) is 4.39 Å². The lowest BCUT2D eigenvalue weighted by Gasteiger charge is -2.09. The fraction of sp³-hybridized carbons (Fsp3) is 0.125. The summed E-state index contributed by atoms with van der Waals surface area (Å²) < 4.78 is 13.7. The highest BCUT2D eigenvalue weighted by Crippen LogP contribution is 2.32. The normalized spacial score (nSPS) is 11.1. The van der Waals surface area contributed by atoms with E-state index in [9.17, 15) is 4.39 Å². The van der Waals surface area contributed by atoms with Gasteiger partial charge in [0.05, 0.1) is 10.5 Å². The Kier molecular flexibility index (Phi) is 3.56. The quantitative estimate of drug-likeness (QED) is 0.564. The van der Waals surface area contributed by atoms with E-state index in [-0.39, 0.29) is 11.0 Å². The van der Waals surface area contributed by atoms with Crippen molar-refractivity contribution in [3.8, 4) is 11.4 Å². The lowest BCUT2D eigenvalue weighted by atomic mass is 10.1. The highest BCUT2D eigenvalue weighted by atomic mass is 35.5. The molecule has 3 aromatic rings. The van der Waals surface area contributed by atoms with E-state index in [4.69, 9.17) is 23.2 Å². The Labute approximate surface area is 131 Å². The Bertz CT molecular complexity index is 863. The number of halogens is 3. The van der Waals surface area contributed by atoms with Crippen LogP contribution in [0.2, 0.25) is 10.2 Å². The summed E-state index contributed by atoms with van der Waals surface area (Å²) >= 11 is 12.5. The standard InChI is InChI=1S/C16H11Cl2FN2/c1-8-4-3-5-10(13(8)17)16-20-14-9(2)12(19)7-6-11(14)15(18)21-16/h3-7H,1-2H3. The van der Waals surface area contributed by atoms with E-state index >= 15 is 0 Å². The molecule has 0 unspecified atom stereocenters. The maximum atomic E-state index is 13.7. The number of hydrogen-bond donors (Lipinski definition) is 0. The van der Waals surface area contributed by atoms with Crippen molar-refractivity contribution in [3.63, 3.8) is 0 Å². The Morgan fingerprint density at radius 3 is 2.52 bits per heavy atom. The summed E-state index contributed by atoms with van der Waals surface area (Å²) in [5.74, 6) is 0.0773. The average molecular weight is 321 g/mol. The van der Waals surface area contributed by atoms with Gasteiger partial charge in [0.25, 0.3) is 0 Å². The largest absolute Gasteiger partial charge is 0.227 e. The summed E-state index contributed by atoms with van der Waals surface area (Å²) in [5.41, 5.74) is 2.55. The molecule has 3 rings (SSSR count). The smallest absolute Gasteiger partial charge is 0.163 e. The first-order valence-electron chi connectivity index (χ1n) is 6.37. The molecule has 0 saturated heterocycles. The van der Waals surface area contributed by atoms with Crippen LogP contribution in [0.1, 0.15) is 11.1 Å². The van der Waals surface area contributed by atoms with E-state index in [0.29, 0.717) is 32.9 Å². The Hall–Kier alpha value is -1.71. The Morgan fingerprint density at radius 2 is 1.76 bits per heavy atom. The van der Waals surface area contributed by atoms with Crippen molar-refractivity contribution < 1.29 is 4.39 Å². The van der Waals surface area contributed by atoms with Gasteiger partial charge in [-0.05, 0) is 37.6 Å². The van der Waals surface area contributed by atoms with E-state index in [2.05, 4.69) is 9.97 Å². The fourth-order valence-electron chi connectivity index (χ4n) is 2.21. The molecule has 5 heteroatoms. The van der Waals surface area contributed by atoms with E-state index in [0.717, 1.165) is 5.56 Å². The average Bonchev–Trinajstić information content (AvgIpc) is 2.46. The second-order valence-electron chi connectivity index (χ2n) is 4.84. The van der Waals surface area contributed by atoms with Gasteiger partial charge in [0.2, 0.25) is 0 Å². The second kappa shape index (κ2) is 5.24. The molecule has 1 heterocycles. The molecule has 0 aliphatic rings. The number of aryl methyl sites for hydroxylation is 2. The van der Waals surface area contributed by atoms with E-state index in [1.54, 1.807) is 13.0 Å². The minimum atomic E-state index is -0.321. The van der Waals surface area contributed by atoms with Gasteiger partial charge in [-0.1, -0.05) is 35.3 Å². The van der Waals surface area contributed by atoms with Crippen LogP contribution in [0.15, 0.2) is 30.3 Å². The lowest BCUT2D eigenvalue weighted by Crippen LogP contribution is -1.96. The monoisotopic (exact) mass is 320 g/mol. The first-order chi connectivity index (χ1) is 9.99. The molecule has 0 saturated carbocycles. The number of rotatable bonds is 1. The molecular weight excluding hydrogens is 310 g/mol. The minimum Gasteiger partial charge on any atom is -0.227 e. The molecule has 2 aromatic carbocycles. The predicted molar refractivity (Wildman–Crippen MR) is 84.4 cm³/mol. The third-order valence-corrected chi connectivity index (χ3v) is 4.23. The Morgan fingerprint density at radius 1 is 1.00 bits per heavy atom. The van der Waals surface area contributed by atoms with Crippen LogP contribution in [-0.4, -0.2) is 9.97 Å². The SMILES string of the molecule is Cc1cccc(-c2nc(Cl)c3ccc(F)c(C)c3n2)c1Cl. The summed E-state index contributed by atoms with van der Waals surface area (Å²) in [5, 5.41) is 1.49. The molecule has 0 spiro atoms. The summed E-state index contributed by atoms with van der Waals surface area (Å²) in [4.78, 5) is 8.74. The number of fused-ring (bicyclic) bond motifs is 1. The number of aromatic nitrogens is 2. The number of hydrogen-bond acceptors (Lipinski definition) is 2. The maximum Gasteiger partial charge on any atom is 0.163 e. The summed E-state index contributed by atoms with van der Waals surface area (Å²) in [6.07, 6.45) is 0. The van der Waals surface area contributed by atoms with Crippen molar-refractivity contribution in [2.45, 2.75) is 13.8 Å². The molecule has 0 bridgehead atoms. The molecule has 0 aliphatic carbocycles. The third kappa shape index (κ3) is 2.37. The molecule has 106 valence electrons. The minimum absolute atomic E-state index is 0.288. The van der Waals surface area contributed by atoms with Crippen molar-refractivity contribution >= 4 is 34.1 Å². The fourth-order valence-corrected chi connectivity index (χ4v) is 2.65. The number of nitrogens with zero attached hydrogens (tertiary/aromatic N) is 2. The van der Waals surface area contributed by atoms with Gasteiger partial charge >= 0.3 is 0 Å². The third-order valence-electron chi connectivity index (χ3n) is 3.44. The van der Waals surface area contributed by atoms with Gasteiger partial charge < -0.3 is 0 Å². The maximum absolute atomic E-state index is 13.7. The first-order valence-corrected chi connectivity index (χ1v) is 7.12. The van der Waals surface area contributed by atoms with Crippen LogP contribution < -0.4 is 0 Å². The van der Waals surface area contributed by atoms with Crippen molar-refractivity contribution in [1.82, 2.24) is 9.97 Å². The van der Waals surface area contributed by atoms with Crippen molar-refractivity contribution in [2.75, 3.05) is 0 Å². The summed E-state index contributed by atoms with van der Waals surface area (Å²) in [7, 11) is 0. The molecule has 0 aliphatic heterocycles. The van der Waals surface area contributed by atoms with E-state index < -0.39 is 0 Å². The molecule has 0 atom stereocenters. The van der Waals surface area contributed by atoms with Crippen LogP contribution in [-0.2, 0) is 0 Å². The first kappa shape index (κ1) is 14.2. The summed E-state index contributed by atoms with van der Waals surface area (Å²) in [6, 6.07) is 8.55. The van der Waals surface area contributed by atoms with Gasteiger partial charge in [0, 0.05) is 16.5 Å². The van der Waals surface area contributed by atoms with Gasteiger partial charge in [0.1, 0.15) is 11.0 Å². The van der Waals surface area contributed by atoms with Crippen LogP contribution >= 0.6 is 23.2 Å². The van der Waals surface area contributed by atoms with Gasteiger partial charge in [-0.2, -0.15) is 0 Å². The zero-order chi connectivity index (χ0) is 15.1. The van der Waals surface area contributed by atoms with E-state index in [1.807, 2.05) is 25.1 Å². The van der Waals surface area contributed by atoms with Gasteiger partial charge in [-0.15, -0.1) is 0 Å². The molecule has 2 nitrogen and oxygen atoms in total. The molecule has 0 amide bonds. The molecule has 0 radical (unpaired) electrons. The highest BCUT2D eigenvalue weighted by molar-refractivity contribution is 6.35. The van der Waals surface area contributed by atoms with Crippen LogP contribution in [0.25, 0.3) is 22.3 Å². The predicted octanol–water partition coefficient (Wildman–Crippen LogP) is 5.36. The highest BCUT2D eigenvalue weighted by Gasteiger charge is 2.14. The van der Waals surface area contributed by atoms with Crippen molar-refractivity contribution in [2.24, 2.45) is 0 Å². The topological polar surface area (TPSA) is 25.8 Å². The van der Waals surface area contributed by atoms with Crippen molar-refractivity contribution in [3.05, 3.63) is 57.5 Å². The van der Waals surface area contributed by atoms with Crippen LogP contribution in [0.5, 0.6) is 0 Å². The van der Waals surface area contributed by atoms with Gasteiger partial charge in [-0.3, -0.25) is 0 Å². The molecular formula is C16H11Cl2FN2. The lowest BCUT2D eigenvalue weighted by molar-refractivity contribution is 0.620. The van der Waals surface area contributed by atoms with Crippen LogP contribution in [0, 0.1) is 19.7 Å². The second-order valence-corrected chi connectivity index (χ2v) is 5.58. The van der Waals surface area contributed by atoms with E-state index in [1.165, 1.54) is 6.07 Å². The molecule has 21 heavy (non-hydrogen) atoms.